The van der Waals surface area contributed by atoms with Gasteiger partial charge in [0.15, 0.2) is 0 Å². The van der Waals surface area contributed by atoms with Crippen molar-refractivity contribution in [1.82, 2.24) is 15.1 Å². The van der Waals surface area contributed by atoms with Crippen LogP contribution in [0.15, 0.2) is 12.3 Å². The van der Waals surface area contributed by atoms with Gasteiger partial charge in [-0.15, -0.1) is 0 Å². The standard InChI is InChI=1S/C16H27N3S/c1-20-16(9-4-5-10-16)13-17-12-14-8-11-19(18-14)15-6-2-3-7-15/h8,11,15,17H,2-7,9-10,12-13H2,1H3. The lowest BCUT2D eigenvalue weighted by Crippen LogP contribution is -2.34. The first-order chi connectivity index (χ1) is 9.81. The maximum atomic E-state index is 4.75. The molecule has 4 heteroatoms. The third-order valence-corrected chi connectivity index (χ3v) is 6.48. The summed E-state index contributed by atoms with van der Waals surface area (Å²) in [5.41, 5.74) is 1.20. The van der Waals surface area contributed by atoms with Crippen LogP contribution in [-0.4, -0.2) is 27.3 Å². The summed E-state index contributed by atoms with van der Waals surface area (Å²) >= 11 is 2.05. The number of rotatable bonds is 6. The zero-order valence-corrected chi connectivity index (χ0v) is 13.4. The number of hydrogen-bond donors (Lipinski definition) is 1. The van der Waals surface area contributed by atoms with E-state index in [2.05, 4.69) is 40.3 Å². The van der Waals surface area contributed by atoms with Gasteiger partial charge in [0.25, 0.3) is 0 Å². The van der Waals surface area contributed by atoms with E-state index in [0.717, 1.165) is 13.1 Å². The van der Waals surface area contributed by atoms with E-state index in [1.807, 2.05) is 0 Å². The van der Waals surface area contributed by atoms with Gasteiger partial charge in [0, 0.05) is 24.0 Å². The molecule has 2 fully saturated rings. The van der Waals surface area contributed by atoms with Crippen LogP contribution in [0, 0.1) is 0 Å². The summed E-state index contributed by atoms with van der Waals surface area (Å²) in [6.45, 7) is 2.05. The van der Waals surface area contributed by atoms with Crippen molar-refractivity contribution in [1.29, 1.82) is 0 Å². The zero-order valence-electron chi connectivity index (χ0n) is 12.6. The summed E-state index contributed by atoms with van der Waals surface area (Å²) < 4.78 is 2.69. The van der Waals surface area contributed by atoms with E-state index < -0.39 is 0 Å². The molecule has 2 aliphatic carbocycles. The lowest BCUT2D eigenvalue weighted by molar-refractivity contribution is 0.458. The second kappa shape index (κ2) is 6.52. The van der Waals surface area contributed by atoms with Gasteiger partial charge >= 0.3 is 0 Å². The molecule has 0 atom stereocenters. The van der Waals surface area contributed by atoms with E-state index in [-0.39, 0.29) is 0 Å². The van der Waals surface area contributed by atoms with Gasteiger partial charge in [0.1, 0.15) is 0 Å². The fourth-order valence-corrected chi connectivity index (χ4v) is 4.68. The Labute approximate surface area is 126 Å². The van der Waals surface area contributed by atoms with Crippen molar-refractivity contribution in [2.45, 2.75) is 68.7 Å². The molecule has 0 aliphatic heterocycles. The monoisotopic (exact) mass is 293 g/mol. The van der Waals surface area contributed by atoms with E-state index in [4.69, 9.17) is 5.10 Å². The van der Waals surface area contributed by atoms with Crippen LogP contribution in [0.1, 0.15) is 63.1 Å². The molecule has 1 aromatic rings. The van der Waals surface area contributed by atoms with Crippen LogP contribution in [0.4, 0.5) is 0 Å². The molecule has 0 amide bonds. The highest BCUT2D eigenvalue weighted by atomic mass is 32.2. The number of thioether (sulfide) groups is 1. The maximum absolute atomic E-state index is 4.75. The van der Waals surface area contributed by atoms with Crippen LogP contribution in [-0.2, 0) is 6.54 Å². The Bertz CT molecular complexity index is 417. The average Bonchev–Trinajstić information content (AvgIpc) is 3.21. The van der Waals surface area contributed by atoms with Gasteiger partial charge in [-0.25, -0.2) is 0 Å². The van der Waals surface area contributed by atoms with Crippen molar-refractivity contribution < 1.29 is 0 Å². The first kappa shape index (κ1) is 14.5. The molecule has 1 heterocycles. The summed E-state index contributed by atoms with van der Waals surface area (Å²) in [4.78, 5) is 0. The third kappa shape index (κ3) is 3.22. The summed E-state index contributed by atoms with van der Waals surface area (Å²) in [6.07, 6.45) is 15.3. The normalized spacial score (nSPS) is 22.6. The summed E-state index contributed by atoms with van der Waals surface area (Å²) in [5, 5.41) is 8.39. The Morgan fingerprint density at radius 2 is 2.05 bits per heavy atom. The van der Waals surface area contributed by atoms with Gasteiger partial charge in [-0.2, -0.15) is 16.9 Å². The quantitative estimate of drug-likeness (QED) is 0.866. The molecule has 112 valence electrons. The average molecular weight is 293 g/mol. The summed E-state index contributed by atoms with van der Waals surface area (Å²) in [7, 11) is 0. The van der Waals surface area contributed by atoms with Crippen molar-refractivity contribution in [3.8, 4) is 0 Å². The SMILES string of the molecule is CSC1(CNCc2ccn(C3CCCC3)n2)CCCC1. The predicted octanol–water partition coefficient (Wildman–Crippen LogP) is 3.76. The van der Waals surface area contributed by atoms with Crippen molar-refractivity contribution in [2.75, 3.05) is 12.8 Å². The van der Waals surface area contributed by atoms with Gasteiger partial charge in [-0.3, -0.25) is 4.68 Å². The molecule has 20 heavy (non-hydrogen) atoms. The first-order valence-electron chi connectivity index (χ1n) is 8.11. The Hall–Kier alpha value is -0.480. The summed E-state index contributed by atoms with van der Waals surface area (Å²) in [6, 6.07) is 2.85. The van der Waals surface area contributed by atoms with Gasteiger partial charge in [0.2, 0.25) is 0 Å². The van der Waals surface area contributed by atoms with E-state index in [0.29, 0.717) is 10.8 Å². The topological polar surface area (TPSA) is 29.9 Å². The minimum absolute atomic E-state index is 0.494. The van der Waals surface area contributed by atoms with Gasteiger partial charge in [0.05, 0.1) is 11.7 Å². The van der Waals surface area contributed by atoms with Crippen molar-refractivity contribution in [2.24, 2.45) is 0 Å². The number of nitrogens with zero attached hydrogens (tertiary/aromatic N) is 2. The number of aromatic nitrogens is 2. The lowest BCUT2D eigenvalue weighted by Gasteiger charge is -2.26. The van der Waals surface area contributed by atoms with Gasteiger partial charge in [-0.05, 0) is 38.0 Å². The second-order valence-electron chi connectivity index (χ2n) is 6.42. The minimum atomic E-state index is 0.494. The Morgan fingerprint density at radius 3 is 2.75 bits per heavy atom. The first-order valence-corrected chi connectivity index (χ1v) is 9.34. The van der Waals surface area contributed by atoms with Crippen LogP contribution in [0.5, 0.6) is 0 Å². The predicted molar refractivity (Wildman–Crippen MR) is 86.2 cm³/mol. The number of hydrogen-bond acceptors (Lipinski definition) is 3. The Balaban J connectivity index is 1.48. The van der Waals surface area contributed by atoms with Crippen LogP contribution in [0.3, 0.4) is 0 Å². The molecule has 0 bridgehead atoms. The molecular weight excluding hydrogens is 266 g/mol. The van der Waals surface area contributed by atoms with Crippen LogP contribution >= 0.6 is 11.8 Å². The molecule has 3 nitrogen and oxygen atoms in total. The van der Waals surface area contributed by atoms with Gasteiger partial charge in [-0.1, -0.05) is 25.7 Å². The highest BCUT2D eigenvalue weighted by molar-refractivity contribution is 8.00. The largest absolute Gasteiger partial charge is 0.310 e. The highest BCUT2D eigenvalue weighted by Crippen LogP contribution is 2.39. The molecule has 1 N–H and O–H groups in total. The Morgan fingerprint density at radius 1 is 1.30 bits per heavy atom. The molecule has 1 aromatic heterocycles. The minimum Gasteiger partial charge on any atom is -0.310 e. The molecule has 3 rings (SSSR count). The van der Waals surface area contributed by atoms with Gasteiger partial charge < -0.3 is 5.32 Å². The fourth-order valence-electron chi connectivity index (χ4n) is 3.73. The molecule has 0 spiro atoms. The molecule has 0 saturated heterocycles. The van der Waals surface area contributed by atoms with E-state index >= 15 is 0 Å². The van der Waals surface area contributed by atoms with Crippen molar-refractivity contribution in [3.63, 3.8) is 0 Å². The van der Waals surface area contributed by atoms with E-state index in [9.17, 15) is 0 Å². The zero-order chi connectivity index (χ0) is 13.8. The molecule has 0 aromatic carbocycles. The fraction of sp³-hybridized carbons (Fsp3) is 0.812. The van der Waals surface area contributed by atoms with Crippen LogP contribution < -0.4 is 5.32 Å². The van der Waals surface area contributed by atoms with Crippen LogP contribution in [0.25, 0.3) is 0 Å². The summed E-state index contributed by atoms with van der Waals surface area (Å²) in [5.74, 6) is 0. The highest BCUT2D eigenvalue weighted by Gasteiger charge is 2.32. The molecular formula is C16H27N3S. The van der Waals surface area contributed by atoms with Crippen LogP contribution in [0.2, 0.25) is 0 Å². The molecule has 2 aliphatic rings. The lowest BCUT2D eigenvalue weighted by atomic mass is 10.1. The van der Waals surface area contributed by atoms with Crippen molar-refractivity contribution >= 4 is 11.8 Å². The van der Waals surface area contributed by atoms with E-state index in [1.165, 1.54) is 57.1 Å². The third-order valence-electron chi connectivity index (χ3n) is 5.06. The molecule has 2 saturated carbocycles. The molecule has 0 unspecified atom stereocenters. The Kier molecular flexibility index (Phi) is 4.72. The van der Waals surface area contributed by atoms with Crippen molar-refractivity contribution in [3.05, 3.63) is 18.0 Å². The molecule has 0 radical (unpaired) electrons. The smallest absolute Gasteiger partial charge is 0.0762 e. The second-order valence-corrected chi connectivity index (χ2v) is 7.70. The van der Waals surface area contributed by atoms with E-state index in [1.54, 1.807) is 0 Å². The maximum Gasteiger partial charge on any atom is 0.0762 e. The number of nitrogens with one attached hydrogen (secondary N) is 1.